The standard InChI is InChI=1S/C15H15NO7/c17-14(18)22-12-5-8-7-21-15(11(8)6-13(12)23-15)9-1-3-10(4-2-9)16(19)20/h1-4,8,11-13H,5-7H2,(H,17,18)/t8-,11-,12?,13?,15+/m0/s1. The van der Waals surface area contributed by atoms with Crippen LogP contribution < -0.4 is 0 Å². The summed E-state index contributed by atoms with van der Waals surface area (Å²) in [6, 6.07) is 6.15. The summed E-state index contributed by atoms with van der Waals surface area (Å²) in [5.74, 6) is -0.669. The number of hydrogen-bond donors (Lipinski definition) is 1. The lowest BCUT2D eigenvalue weighted by Crippen LogP contribution is -2.38. The number of ether oxygens (including phenoxy) is 3. The molecule has 1 aliphatic carbocycles. The lowest BCUT2D eigenvalue weighted by Gasteiger charge is -2.30. The maximum absolute atomic E-state index is 10.8. The molecule has 1 aromatic carbocycles. The largest absolute Gasteiger partial charge is 0.506 e. The number of benzene rings is 1. The van der Waals surface area contributed by atoms with Gasteiger partial charge >= 0.3 is 6.16 Å². The zero-order chi connectivity index (χ0) is 16.2. The zero-order valence-electron chi connectivity index (χ0n) is 12.1. The number of non-ortho nitro benzene ring substituents is 1. The quantitative estimate of drug-likeness (QED) is 0.516. The van der Waals surface area contributed by atoms with E-state index in [1.807, 2.05) is 0 Å². The van der Waals surface area contributed by atoms with Crippen molar-refractivity contribution in [2.24, 2.45) is 11.8 Å². The van der Waals surface area contributed by atoms with Crippen molar-refractivity contribution in [1.82, 2.24) is 0 Å². The number of rotatable bonds is 3. The molecule has 23 heavy (non-hydrogen) atoms. The van der Waals surface area contributed by atoms with E-state index in [1.54, 1.807) is 12.1 Å². The van der Waals surface area contributed by atoms with E-state index in [4.69, 9.17) is 19.3 Å². The number of hydrogen-bond acceptors (Lipinski definition) is 6. The van der Waals surface area contributed by atoms with Gasteiger partial charge in [-0.15, -0.1) is 0 Å². The minimum absolute atomic E-state index is 0.00718. The van der Waals surface area contributed by atoms with E-state index in [-0.39, 0.29) is 23.6 Å². The summed E-state index contributed by atoms with van der Waals surface area (Å²) in [5.41, 5.74) is 0.738. The number of fused-ring (bicyclic) bond motifs is 1. The Labute approximate surface area is 131 Å². The number of nitro groups is 1. The van der Waals surface area contributed by atoms with Gasteiger partial charge in [0.1, 0.15) is 6.10 Å². The van der Waals surface area contributed by atoms with Gasteiger partial charge < -0.3 is 19.3 Å². The summed E-state index contributed by atoms with van der Waals surface area (Å²) < 4.78 is 17.0. The van der Waals surface area contributed by atoms with E-state index in [2.05, 4.69) is 0 Å². The molecule has 1 N–H and O–H groups in total. The first-order valence-electron chi connectivity index (χ1n) is 7.46. The fraction of sp³-hybridized carbons (Fsp3) is 0.533. The Kier molecular flexibility index (Phi) is 3.07. The van der Waals surface area contributed by atoms with Crippen LogP contribution in [0.25, 0.3) is 0 Å². The molecular weight excluding hydrogens is 306 g/mol. The summed E-state index contributed by atoms with van der Waals surface area (Å²) in [5, 5.41) is 19.6. The van der Waals surface area contributed by atoms with E-state index in [0.29, 0.717) is 19.4 Å². The van der Waals surface area contributed by atoms with Crippen LogP contribution in [0.1, 0.15) is 18.4 Å². The number of nitro benzene ring substituents is 1. The zero-order valence-corrected chi connectivity index (χ0v) is 12.1. The smallest absolute Gasteiger partial charge is 0.450 e. The Bertz CT molecular complexity index is 660. The van der Waals surface area contributed by atoms with Crippen LogP contribution in [0.2, 0.25) is 0 Å². The first kappa shape index (κ1) is 14.4. The maximum atomic E-state index is 10.8. The van der Waals surface area contributed by atoms with Gasteiger partial charge in [0, 0.05) is 23.6 Å². The third kappa shape index (κ3) is 2.09. The second-order valence-electron chi connectivity index (χ2n) is 6.20. The molecule has 2 aliphatic heterocycles. The van der Waals surface area contributed by atoms with E-state index in [1.165, 1.54) is 12.1 Å². The monoisotopic (exact) mass is 321 g/mol. The highest BCUT2D eigenvalue weighted by molar-refractivity contribution is 5.57. The molecular formula is C15H15NO7. The predicted octanol–water partition coefficient (Wildman–Crippen LogP) is 2.27. The van der Waals surface area contributed by atoms with E-state index >= 15 is 0 Å². The molecule has 1 aromatic rings. The van der Waals surface area contributed by atoms with Crippen molar-refractivity contribution in [3.63, 3.8) is 0 Å². The maximum Gasteiger partial charge on any atom is 0.506 e. The van der Waals surface area contributed by atoms with Gasteiger partial charge in [0.25, 0.3) is 5.69 Å². The first-order valence-corrected chi connectivity index (χ1v) is 7.46. The van der Waals surface area contributed by atoms with E-state index in [9.17, 15) is 14.9 Å². The van der Waals surface area contributed by atoms with Crippen LogP contribution in [-0.2, 0) is 20.0 Å². The summed E-state index contributed by atoms with van der Waals surface area (Å²) in [6.45, 7) is 0.466. The van der Waals surface area contributed by atoms with Gasteiger partial charge in [-0.2, -0.15) is 0 Å². The summed E-state index contributed by atoms with van der Waals surface area (Å²) in [6.07, 6.45) is -0.888. The Morgan fingerprint density at radius 3 is 2.74 bits per heavy atom. The van der Waals surface area contributed by atoms with Crippen molar-refractivity contribution in [2.75, 3.05) is 6.61 Å². The third-order valence-corrected chi connectivity index (χ3v) is 5.06. The molecule has 3 aliphatic rings. The fourth-order valence-electron chi connectivity index (χ4n) is 4.10. The second-order valence-corrected chi connectivity index (χ2v) is 6.20. The molecule has 0 radical (unpaired) electrons. The van der Waals surface area contributed by atoms with Crippen LogP contribution in [0.15, 0.2) is 24.3 Å². The van der Waals surface area contributed by atoms with E-state index in [0.717, 1.165) is 5.56 Å². The minimum atomic E-state index is -1.30. The van der Waals surface area contributed by atoms with Gasteiger partial charge in [-0.05, 0) is 30.9 Å². The van der Waals surface area contributed by atoms with Crippen molar-refractivity contribution in [2.45, 2.75) is 30.8 Å². The molecule has 122 valence electrons. The molecule has 8 nitrogen and oxygen atoms in total. The Morgan fingerprint density at radius 1 is 1.35 bits per heavy atom. The summed E-state index contributed by atoms with van der Waals surface area (Å²) in [7, 11) is 0. The average Bonchev–Trinajstić information content (AvgIpc) is 3.01. The minimum Gasteiger partial charge on any atom is -0.450 e. The third-order valence-electron chi connectivity index (χ3n) is 5.06. The van der Waals surface area contributed by atoms with Gasteiger partial charge in [0.15, 0.2) is 5.79 Å². The second kappa shape index (κ2) is 4.90. The molecule has 5 atom stereocenters. The van der Waals surface area contributed by atoms with Crippen molar-refractivity contribution >= 4 is 11.8 Å². The molecule has 2 saturated heterocycles. The van der Waals surface area contributed by atoms with Gasteiger partial charge in [0.05, 0.1) is 17.6 Å². The molecule has 2 heterocycles. The molecule has 8 heteroatoms. The highest BCUT2D eigenvalue weighted by Crippen LogP contribution is 2.58. The van der Waals surface area contributed by atoms with Crippen LogP contribution >= 0.6 is 0 Å². The lowest BCUT2D eigenvalue weighted by molar-refractivity contribution is -0.384. The number of carbonyl (C=O) groups is 1. The number of carboxylic acid groups (broad SMARTS) is 1. The SMILES string of the molecule is O=C(O)OC1C[C@H]2CO[C@]3(c4ccc([N+](=O)[O-])cc4)OC1C[C@@H]23. The fourth-order valence-corrected chi connectivity index (χ4v) is 4.10. The van der Waals surface area contributed by atoms with Crippen LogP contribution in [0.4, 0.5) is 10.5 Å². The lowest BCUT2D eigenvalue weighted by atomic mass is 9.76. The number of nitrogens with zero attached hydrogens (tertiary/aromatic N) is 1. The molecule has 0 aromatic heterocycles. The molecule has 4 rings (SSSR count). The molecule has 0 spiro atoms. The molecule has 2 bridgehead atoms. The van der Waals surface area contributed by atoms with Gasteiger partial charge in [-0.3, -0.25) is 10.1 Å². The molecule has 2 unspecified atom stereocenters. The molecule has 0 amide bonds. The van der Waals surface area contributed by atoms with Crippen LogP contribution in [-0.4, -0.2) is 35.0 Å². The predicted molar refractivity (Wildman–Crippen MR) is 74.7 cm³/mol. The van der Waals surface area contributed by atoms with Crippen molar-refractivity contribution < 1.29 is 29.0 Å². The first-order chi connectivity index (χ1) is 11.0. The Morgan fingerprint density at radius 2 is 2.09 bits per heavy atom. The van der Waals surface area contributed by atoms with Gasteiger partial charge in [-0.1, -0.05) is 0 Å². The summed E-state index contributed by atoms with van der Waals surface area (Å²) >= 11 is 0. The van der Waals surface area contributed by atoms with E-state index < -0.39 is 23.0 Å². The van der Waals surface area contributed by atoms with Crippen LogP contribution in [0.5, 0.6) is 0 Å². The van der Waals surface area contributed by atoms with Crippen molar-refractivity contribution in [3.05, 3.63) is 39.9 Å². The summed E-state index contributed by atoms with van der Waals surface area (Å²) in [4.78, 5) is 21.2. The van der Waals surface area contributed by atoms with Gasteiger partial charge in [0.2, 0.25) is 0 Å². The normalized spacial score (nSPS) is 37.6. The van der Waals surface area contributed by atoms with Crippen LogP contribution in [0, 0.1) is 22.0 Å². The molecule has 1 saturated carbocycles. The highest BCUT2D eigenvalue weighted by atomic mass is 16.7. The van der Waals surface area contributed by atoms with Crippen LogP contribution in [0.3, 0.4) is 0 Å². The highest BCUT2D eigenvalue weighted by Gasteiger charge is 2.63. The Hall–Kier alpha value is -2.19. The van der Waals surface area contributed by atoms with Crippen molar-refractivity contribution in [3.8, 4) is 0 Å². The Balaban J connectivity index is 1.64. The van der Waals surface area contributed by atoms with Crippen molar-refractivity contribution in [1.29, 1.82) is 0 Å². The topological polar surface area (TPSA) is 108 Å². The molecule has 3 fully saturated rings. The average molecular weight is 321 g/mol. The van der Waals surface area contributed by atoms with Gasteiger partial charge in [-0.25, -0.2) is 4.79 Å².